The third-order valence-electron chi connectivity index (χ3n) is 5.05. The zero-order valence-electron chi connectivity index (χ0n) is 17.4. The summed E-state index contributed by atoms with van der Waals surface area (Å²) in [5.74, 6) is 1.96. The van der Waals surface area contributed by atoms with Gasteiger partial charge in [0.15, 0.2) is 0 Å². The number of fused-ring (bicyclic) bond motifs is 1. The maximum Gasteiger partial charge on any atom is 0.226 e. The zero-order valence-corrected chi connectivity index (χ0v) is 18.2. The lowest BCUT2D eigenvalue weighted by atomic mass is 10.0. The third-order valence-corrected chi connectivity index (χ3v) is 5.30. The van der Waals surface area contributed by atoms with Gasteiger partial charge in [-0.1, -0.05) is 42.7 Å². The van der Waals surface area contributed by atoms with Crippen LogP contribution in [0.2, 0.25) is 5.02 Å². The minimum atomic E-state index is -0.181. The fourth-order valence-corrected chi connectivity index (χ4v) is 3.51. The van der Waals surface area contributed by atoms with Crippen molar-refractivity contribution in [1.29, 1.82) is 0 Å². The van der Waals surface area contributed by atoms with Crippen molar-refractivity contribution in [3.63, 3.8) is 0 Å². The lowest BCUT2D eigenvalue weighted by molar-refractivity contribution is -0.122. The van der Waals surface area contributed by atoms with E-state index in [0.29, 0.717) is 36.0 Å². The lowest BCUT2D eigenvalue weighted by Gasteiger charge is -2.20. The third kappa shape index (κ3) is 5.11. The van der Waals surface area contributed by atoms with Crippen LogP contribution in [0.25, 0.3) is 22.4 Å². The first-order valence-electron chi connectivity index (χ1n) is 10.3. The van der Waals surface area contributed by atoms with E-state index in [1.54, 1.807) is 12.1 Å². The van der Waals surface area contributed by atoms with Crippen LogP contribution in [-0.2, 0) is 11.2 Å². The smallest absolute Gasteiger partial charge is 0.226 e. The van der Waals surface area contributed by atoms with Gasteiger partial charge in [0.25, 0.3) is 0 Å². The summed E-state index contributed by atoms with van der Waals surface area (Å²) in [7, 11) is 0. The number of hydrogen-bond donors (Lipinski definition) is 2. The van der Waals surface area contributed by atoms with Crippen molar-refractivity contribution in [1.82, 2.24) is 25.4 Å². The van der Waals surface area contributed by atoms with E-state index in [9.17, 15) is 4.79 Å². The molecule has 4 rings (SSSR count). The number of H-pyrrole nitrogens is 1. The Labute approximate surface area is 185 Å². The molecule has 0 fully saturated rings. The minimum Gasteiger partial charge on any atom is -0.346 e. The number of hydrogen-bond acceptors (Lipinski definition) is 5. The molecule has 4 aromatic rings. The van der Waals surface area contributed by atoms with Gasteiger partial charge in [0.05, 0.1) is 17.1 Å². The molecule has 0 saturated heterocycles. The molecule has 0 aliphatic carbocycles. The van der Waals surface area contributed by atoms with Gasteiger partial charge in [-0.2, -0.15) is 4.98 Å². The molecule has 1 atom stereocenters. The average Bonchev–Trinajstić information content (AvgIpc) is 3.39. The summed E-state index contributed by atoms with van der Waals surface area (Å²) in [6, 6.07) is 14.9. The minimum absolute atomic E-state index is 0.0309. The Kier molecular flexibility index (Phi) is 6.32. The van der Waals surface area contributed by atoms with Gasteiger partial charge in [-0.25, -0.2) is 4.98 Å². The number of carbonyl (C=O) groups excluding carboxylic acids is 1. The molecule has 0 spiro atoms. The Bertz CT molecular complexity index is 1130. The molecule has 0 aliphatic rings. The first-order valence-corrected chi connectivity index (χ1v) is 10.7. The lowest BCUT2D eigenvalue weighted by Crippen LogP contribution is -2.32. The Hall–Kier alpha value is -3.19. The summed E-state index contributed by atoms with van der Waals surface area (Å²) in [4.78, 5) is 24.9. The largest absolute Gasteiger partial charge is 0.346 e. The predicted molar refractivity (Wildman–Crippen MR) is 119 cm³/mol. The molecule has 0 saturated carbocycles. The SMILES string of the molecule is CC(C)[C@H](NC(=O)CCCc1nc(-c2ccc(Cl)cc2)no1)c1nc2ccccc2[nH]1. The highest BCUT2D eigenvalue weighted by molar-refractivity contribution is 6.30. The normalized spacial score (nSPS) is 12.4. The Morgan fingerprint density at radius 3 is 2.65 bits per heavy atom. The van der Waals surface area contributed by atoms with Gasteiger partial charge < -0.3 is 14.8 Å². The van der Waals surface area contributed by atoms with Gasteiger partial charge in [-0.3, -0.25) is 4.79 Å². The monoisotopic (exact) mass is 437 g/mol. The highest BCUT2D eigenvalue weighted by Gasteiger charge is 2.21. The summed E-state index contributed by atoms with van der Waals surface area (Å²) < 4.78 is 5.31. The number of aromatic nitrogens is 4. The first kappa shape index (κ1) is 21.1. The number of rotatable bonds is 8. The van der Waals surface area contributed by atoms with Crippen LogP contribution in [0.3, 0.4) is 0 Å². The van der Waals surface area contributed by atoms with E-state index >= 15 is 0 Å². The van der Waals surface area contributed by atoms with Crippen LogP contribution in [0.4, 0.5) is 0 Å². The van der Waals surface area contributed by atoms with E-state index in [1.165, 1.54) is 0 Å². The molecule has 1 amide bonds. The summed E-state index contributed by atoms with van der Waals surface area (Å²) >= 11 is 5.91. The van der Waals surface area contributed by atoms with Crippen molar-refractivity contribution in [3.8, 4) is 11.4 Å². The highest BCUT2D eigenvalue weighted by atomic mass is 35.5. The zero-order chi connectivity index (χ0) is 21.8. The van der Waals surface area contributed by atoms with E-state index < -0.39 is 0 Å². The molecule has 8 heteroatoms. The van der Waals surface area contributed by atoms with Crippen molar-refractivity contribution in [3.05, 3.63) is 65.3 Å². The van der Waals surface area contributed by atoms with Gasteiger partial charge in [0.1, 0.15) is 5.82 Å². The molecule has 7 nitrogen and oxygen atoms in total. The molecule has 2 N–H and O–H groups in total. The molecule has 0 unspecified atom stereocenters. The standard InChI is InChI=1S/C23H24ClN5O2/c1-14(2)21(23-25-17-6-3-4-7-18(17)26-23)27-19(30)8-5-9-20-28-22(29-31-20)15-10-12-16(24)13-11-15/h3-4,6-7,10-14,21H,5,8-9H2,1-2H3,(H,25,26)(H,27,30)/t21-/m0/s1. The fraction of sp³-hybridized carbons (Fsp3) is 0.304. The van der Waals surface area contributed by atoms with E-state index in [4.69, 9.17) is 16.1 Å². The molecule has 31 heavy (non-hydrogen) atoms. The Morgan fingerprint density at radius 2 is 1.90 bits per heavy atom. The van der Waals surface area contributed by atoms with Crippen LogP contribution >= 0.6 is 11.6 Å². The number of para-hydroxylation sites is 2. The maximum absolute atomic E-state index is 12.6. The van der Waals surface area contributed by atoms with E-state index in [0.717, 1.165) is 22.4 Å². The van der Waals surface area contributed by atoms with Crippen molar-refractivity contribution in [2.45, 2.75) is 39.2 Å². The summed E-state index contributed by atoms with van der Waals surface area (Å²) in [6.45, 7) is 4.13. The number of benzene rings is 2. The Balaban J connectivity index is 1.32. The summed E-state index contributed by atoms with van der Waals surface area (Å²) in [5, 5.41) is 7.76. The number of nitrogens with zero attached hydrogens (tertiary/aromatic N) is 3. The molecule has 2 aromatic heterocycles. The molecule has 0 bridgehead atoms. The number of amides is 1. The number of aryl methyl sites for hydroxylation is 1. The van der Waals surface area contributed by atoms with E-state index in [2.05, 4.69) is 39.3 Å². The van der Waals surface area contributed by atoms with Gasteiger partial charge in [-0.05, 0) is 48.7 Å². The summed E-state index contributed by atoms with van der Waals surface area (Å²) in [5.41, 5.74) is 2.69. The summed E-state index contributed by atoms with van der Waals surface area (Å²) in [6.07, 6.45) is 1.51. The second-order valence-electron chi connectivity index (χ2n) is 7.80. The molecule has 160 valence electrons. The Morgan fingerprint density at radius 1 is 1.13 bits per heavy atom. The number of nitrogens with one attached hydrogen (secondary N) is 2. The molecular weight excluding hydrogens is 414 g/mol. The van der Waals surface area contributed by atoms with Gasteiger partial charge in [-0.15, -0.1) is 0 Å². The van der Waals surface area contributed by atoms with Gasteiger partial charge in [0, 0.05) is 23.4 Å². The number of imidazole rings is 1. The van der Waals surface area contributed by atoms with Crippen molar-refractivity contribution >= 4 is 28.5 Å². The number of halogens is 1. The first-order chi connectivity index (χ1) is 15.0. The maximum atomic E-state index is 12.6. The second kappa shape index (κ2) is 9.31. The van der Waals surface area contributed by atoms with Crippen LogP contribution in [0.1, 0.15) is 44.4 Å². The van der Waals surface area contributed by atoms with E-state index in [-0.39, 0.29) is 17.9 Å². The fourth-order valence-electron chi connectivity index (χ4n) is 3.39. The number of carbonyl (C=O) groups is 1. The second-order valence-corrected chi connectivity index (χ2v) is 8.24. The predicted octanol–water partition coefficient (Wildman–Crippen LogP) is 5.10. The average molecular weight is 438 g/mol. The topological polar surface area (TPSA) is 96.7 Å². The van der Waals surface area contributed by atoms with Crippen LogP contribution < -0.4 is 5.32 Å². The van der Waals surface area contributed by atoms with Gasteiger partial charge >= 0.3 is 0 Å². The van der Waals surface area contributed by atoms with Crippen molar-refractivity contribution in [2.24, 2.45) is 5.92 Å². The van der Waals surface area contributed by atoms with Crippen molar-refractivity contribution in [2.75, 3.05) is 0 Å². The van der Waals surface area contributed by atoms with Crippen LogP contribution in [-0.4, -0.2) is 26.0 Å². The molecule has 2 heterocycles. The quantitative estimate of drug-likeness (QED) is 0.399. The molecule has 0 aliphatic heterocycles. The van der Waals surface area contributed by atoms with Crippen LogP contribution in [0.5, 0.6) is 0 Å². The molecule has 2 aromatic carbocycles. The van der Waals surface area contributed by atoms with Gasteiger partial charge in [0.2, 0.25) is 17.6 Å². The number of aromatic amines is 1. The molecule has 0 radical (unpaired) electrons. The van der Waals surface area contributed by atoms with Crippen LogP contribution in [0, 0.1) is 5.92 Å². The van der Waals surface area contributed by atoms with Crippen LogP contribution in [0.15, 0.2) is 53.1 Å². The van der Waals surface area contributed by atoms with E-state index in [1.807, 2.05) is 36.4 Å². The van der Waals surface area contributed by atoms with Crippen molar-refractivity contribution < 1.29 is 9.32 Å². The molecular formula is C23H24ClN5O2. The highest BCUT2D eigenvalue weighted by Crippen LogP contribution is 2.23.